The van der Waals surface area contributed by atoms with E-state index in [0.29, 0.717) is 12.4 Å². The van der Waals surface area contributed by atoms with Crippen LogP contribution in [0, 0.1) is 0 Å². The fraction of sp³-hybridized carbons (Fsp3) is 0.692. The molecular weight excluding hydrogens is 228 g/mol. The second kappa shape index (κ2) is 7.87. The predicted molar refractivity (Wildman–Crippen MR) is 73.8 cm³/mol. The van der Waals surface area contributed by atoms with Crippen LogP contribution >= 0.6 is 0 Å². The Kier molecular flexibility index (Phi) is 6.43. The highest BCUT2D eigenvalue weighted by molar-refractivity contribution is 5.34. The molecule has 0 radical (unpaired) electrons. The van der Waals surface area contributed by atoms with Gasteiger partial charge in [-0.25, -0.2) is 0 Å². The minimum atomic E-state index is 0.0972. The molecule has 1 heterocycles. The van der Waals surface area contributed by atoms with Crippen molar-refractivity contribution in [1.29, 1.82) is 0 Å². The van der Waals surface area contributed by atoms with Crippen molar-refractivity contribution >= 4 is 5.82 Å². The maximum atomic E-state index is 5.74. The normalized spacial score (nSPS) is 12.5. The molecule has 0 saturated carbocycles. The highest BCUT2D eigenvalue weighted by Crippen LogP contribution is 2.13. The number of rotatable bonds is 8. The largest absolute Gasteiger partial charge is 0.474 e. The van der Waals surface area contributed by atoms with Gasteiger partial charge in [-0.3, -0.25) is 4.98 Å². The van der Waals surface area contributed by atoms with E-state index >= 15 is 0 Å². The van der Waals surface area contributed by atoms with Gasteiger partial charge in [0, 0.05) is 12.6 Å². The van der Waals surface area contributed by atoms with Crippen LogP contribution in [0.25, 0.3) is 0 Å². The summed E-state index contributed by atoms with van der Waals surface area (Å²) in [6.45, 7) is 6.69. The second-order valence-corrected chi connectivity index (χ2v) is 4.63. The first-order chi connectivity index (χ1) is 8.65. The summed E-state index contributed by atoms with van der Waals surface area (Å²) in [5, 5.41) is 3.30. The number of anilines is 1. The van der Waals surface area contributed by atoms with Crippen LogP contribution in [0.2, 0.25) is 0 Å². The van der Waals surface area contributed by atoms with Crippen molar-refractivity contribution < 1.29 is 4.74 Å². The lowest BCUT2D eigenvalue weighted by molar-refractivity contribution is 0.232. The molecule has 0 fully saturated rings. The summed E-state index contributed by atoms with van der Waals surface area (Å²) in [6.07, 6.45) is 6.78. The zero-order valence-electron chi connectivity index (χ0n) is 11.5. The maximum Gasteiger partial charge on any atom is 0.234 e. The SMILES string of the molecule is CCCCC(CN)Nc1cncc(OC(C)C)n1. The molecule has 0 amide bonds. The smallest absolute Gasteiger partial charge is 0.234 e. The van der Waals surface area contributed by atoms with E-state index in [1.165, 1.54) is 6.42 Å². The van der Waals surface area contributed by atoms with Crippen molar-refractivity contribution in [2.45, 2.75) is 52.2 Å². The molecule has 0 aromatic carbocycles. The molecule has 5 nitrogen and oxygen atoms in total. The van der Waals surface area contributed by atoms with E-state index in [9.17, 15) is 0 Å². The molecule has 1 aromatic heterocycles. The third-order valence-electron chi connectivity index (χ3n) is 2.51. The third kappa shape index (κ3) is 5.31. The second-order valence-electron chi connectivity index (χ2n) is 4.63. The van der Waals surface area contributed by atoms with E-state index in [-0.39, 0.29) is 12.1 Å². The van der Waals surface area contributed by atoms with Gasteiger partial charge in [0.25, 0.3) is 0 Å². The molecule has 0 aliphatic heterocycles. The minimum absolute atomic E-state index is 0.0972. The lowest BCUT2D eigenvalue weighted by Crippen LogP contribution is -2.29. The molecule has 1 rings (SSSR count). The quantitative estimate of drug-likeness (QED) is 0.742. The molecular formula is C13H24N4O. The molecule has 0 saturated heterocycles. The number of nitrogens with two attached hydrogens (primary N) is 1. The van der Waals surface area contributed by atoms with Gasteiger partial charge in [-0.2, -0.15) is 4.98 Å². The van der Waals surface area contributed by atoms with Crippen molar-refractivity contribution in [2.75, 3.05) is 11.9 Å². The Morgan fingerprint density at radius 2 is 2.17 bits per heavy atom. The van der Waals surface area contributed by atoms with Crippen molar-refractivity contribution in [2.24, 2.45) is 5.73 Å². The number of aromatic nitrogens is 2. The third-order valence-corrected chi connectivity index (χ3v) is 2.51. The predicted octanol–water partition coefficient (Wildman–Crippen LogP) is 2.19. The number of hydrogen-bond acceptors (Lipinski definition) is 5. The molecule has 1 atom stereocenters. The molecule has 102 valence electrons. The first kappa shape index (κ1) is 14.7. The fourth-order valence-electron chi connectivity index (χ4n) is 1.62. The minimum Gasteiger partial charge on any atom is -0.474 e. The standard InChI is InChI=1S/C13H24N4O/c1-4-5-6-11(7-14)16-12-8-15-9-13(17-12)18-10(2)3/h8-11H,4-7,14H2,1-3H3,(H,16,17). The Bertz CT molecular complexity index is 344. The zero-order valence-corrected chi connectivity index (χ0v) is 11.5. The van der Waals surface area contributed by atoms with Gasteiger partial charge in [-0.15, -0.1) is 0 Å². The molecule has 3 N–H and O–H groups in total. The highest BCUT2D eigenvalue weighted by Gasteiger charge is 2.08. The molecule has 5 heteroatoms. The van der Waals surface area contributed by atoms with Gasteiger partial charge in [0.15, 0.2) is 0 Å². The van der Waals surface area contributed by atoms with E-state index in [1.807, 2.05) is 13.8 Å². The topological polar surface area (TPSA) is 73.1 Å². The molecule has 0 aliphatic carbocycles. The van der Waals surface area contributed by atoms with Crippen LogP contribution in [0.4, 0.5) is 5.82 Å². The van der Waals surface area contributed by atoms with Crippen molar-refractivity contribution in [1.82, 2.24) is 9.97 Å². The van der Waals surface area contributed by atoms with Crippen LogP contribution in [0.1, 0.15) is 40.0 Å². The summed E-state index contributed by atoms with van der Waals surface area (Å²) < 4.78 is 5.51. The Balaban J connectivity index is 2.59. The Labute approximate surface area is 109 Å². The summed E-state index contributed by atoms with van der Waals surface area (Å²) in [7, 11) is 0. The van der Waals surface area contributed by atoms with E-state index in [2.05, 4.69) is 22.2 Å². The van der Waals surface area contributed by atoms with Crippen molar-refractivity contribution in [3.63, 3.8) is 0 Å². The lowest BCUT2D eigenvalue weighted by Gasteiger charge is -2.17. The first-order valence-electron chi connectivity index (χ1n) is 6.61. The molecule has 18 heavy (non-hydrogen) atoms. The maximum absolute atomic E-state index is 5.74. The number of nitrogens with zero attached hydrogens (tertiary/aromatic N) is 2. The average Bonchev–Trinajstić information content (AvgIpc) is 2.34. The molecule has 0 spiro atoms. The highest BCUT2D eigenvalue weighted by atomic mass is 16.5. The summed E-state index contributed by atoms with van der Waals surface area (Å²) >= 11 is 0. The summed E-state index contributed by atoms with van der Waals surface area (Å²) in [5.41, 5.74) is 5.74. The Morgan fingerprint density at radius 1 is 1.39 bits per heavy atom. The van der Waals surface area contributed by atoms with Gasteiger partial charge in [0.1, 0.15) is 5.82 Å². The fourth-order valence-corrected chi connectivity index (χ4v) is 1.62. The number of ether oxygens (including phenoxy) is 1. The summed E-state index contributed by atoms with van der Waals surface area (Å²) in [6, 6.07) is 0.244. The van der Waals surface area contributed by atoms with Crippen LogP contribution in [0.3, 0.4) is 0 Å². The van der Waals surface area contributed by atoms with Gasteiger partial charge in [0.05, 0.1) is 18.5 Å². The Morgan fingerprint density at radius 3 is 2.78 bits per heavy atom. The van der Waals surface area contributed by atoms with E-state index in [0.717, 1.165) is 18.7 Å². The summed E-state index contributed by atoms with van der Waals surface area (Å²) in [5.74, 6) is 1.26. The number of hydrogen-bond donors (Lipinski definition) is 2. The van der Waals surface area contributed by atoms with Gasteiger partial charge in [-0.05, 0) is 20.3 Å². The van der Waals surface area contributed by atoms with Crippen LogP contribution in [0.15, 0.2) is 12.4 Å². The van der Waals surface area contributed by atoms with Crippen LogP contribution < -0.4 is 15.8 Å². The van der Waals surface area contributed by atoms with E-state index in [1.54, 1.807) is 12.4 Å². The average molecular weight is 252 g/mol. The number of unbranched alkanes of at least 4 members (excludes halogenated alkanes) is 1. The van der Waals surface area contributed by atoms with Crippen LogP contribution in [-0.2, 0) is 0 Å². The van der Waals surface area contributed by atoms with Crippen LogP contribution in [-0.4, -0.2) is 28.7 Å². The van der Waals surface area contributed by atoms with Gasteiger partial charge < -0.3 is 15.8 Å². The number of nitrogens with one attached hydrogen (secondary N) is 1. The van der Waals surface area contributed by atoms with Gasteiger partial charge in [0.2, 0.25) is 5.88 Å². The monoisotopic (exact) mass is 252 g/mol. The van der Waals surface area contributed by atoms with E-state index < -0.39 is 0 Å². The lowest BCUT2D eigenvalue weighted by atomic mass is 10.1. The van der Waals surface area contributed by atoms with Gasteiger partial charge >= 0.3 is 0 Å². The van der Waals surface area contributed by atoms with Crippen molar-refractivity contribution in [3.8, 4) is 5.88 Å². The first-order valence-corrected chi connectivity index (χ1v) is 6.61. The summed E-state index contributed by atoms with van der Waals surface area (Å²) in [4.78, 5) is 8.47. The molecule has 1 unspecified atom stereocenters. The van der Waals surface area contributed by atoms with E-state index in [4.69, 9.17) is 10.5 Å². The molecule has 0 bridgehead atoms. The van der Waals surface area contributed by atoms with Crippen LogP contribution in [0.5, 0.6) is 5.88 Å². The Hall–Kier alpha value is -1.36. The zero-order chi connectivity index (χ0) is 13.4. The molecule has 0 aliphatic rings. The molecule has 1 aromatic rings. The van der Waals surface area contributed by atoms with Crippen molar-refractivity contribution in [3.05, 3.63) is 12.4 Å². The van der Waals surface area contributed by atoms with Gasteiger partial charge in [-0.1, -0.05) is 19.8 Å².